The van der Waals surface area contributed by atoms with Gasteiger partial charge in [-0.25, -0.2) is 9.48 Å². The van der Waals surface area contributed by atoms with Gasteiger partial charge in [0.05, 0.1) is 11.9 Å². The van der Waals surface area contributed by atoms with Crippen molar-refractivity contribution in [3.8, 4) is 0 Å². The number of aromatic nitrogens is 4. The van der Waals surface area contributed by atoms with Crippen LogP contribution in [-0.2, 0) is 11.3 Å². The van der Waals surface area contributed by atoms with Crippen LogP contribution in [0.25, 0.3) is 10.9 Å². The highest BCUT2D eigenvalue weighted by Crippen LogP contribution is 2.26. The Balaban J connectivity index is 1.67. The highest BCUT2D eigenvalue weighted by atomic mass is 16.2. The van der Waals surface area contributed by atoms with Crippen molar-refractivity contribution in [3.63, 3.8) is 0 Å². The van der Waals surface area contributed by atoms with Gasteiger partial charge in [-0.2, -0.15) is 0 Å². The first-order valence-electron chi connectivity index (χ1n) is 7.69. The minimum absolute atomic E-state index is 0.0101. The maximum atomic E-state index is 12.3. The molecular weight excluding hydrogens is 322 g/mol. The lowest BCUT2D eigenvalue weighted by Gasteiger charge is -2.09. The van der Waals surface area contributed by atoms with Crippen molar-refractivity contribution in [2.75, 3.05) is 24.7 Å². The van der Waals surface area contributed by atoms with Gasteiger partial charge in [0.15, 0.2) is 5.82 Å². The number of benzene rings is 1. The molecule has 3 N–H and O–H groups in total. The smallest absolute Gasteiger partial charge is 0.322 e. The van der Waals surface area contributed by atoms with Crippen molar-refractivity contribution in [1.82, 2.24) is 24.9 Å². The van der Waals surface area contributed by atoms with Gasteiger partial charge in [-0.3, -0.25) is 10.1 Å². The molecule has 3 amide bonds. The van der Waals surface area contributed by atoms with Crippen LogP contribution in [0.4, 0.5) is 16.3 Å². The first-order valence-corrected chi connectivity index (χ1v) is 7.69. The molecule has 1 aromatic carbocycles. The molecule has 0 saturated heterocycles. The summed E-state index contributed by atoms with van der Waals surface area (Å²) in [5, 5.41) is 14.1. The summed E-state index contributed by atoms with van der Waals surface area (Å²) in [7, 11) is 3.24. The quantitative estimate of drug-likeness (QED) is 0.672. The Kier molecular flexibility index (Phi) is 4.38. The molecule has 25 heavy (non-hydrogen) atoms. The van der Waals surface area contributed by atoms with E-state index in [9.17, 15) is 9.59 Å². The molecule has 0 aliphatic heterocycles. The van der Waals surface area contributed by atoms with E-state index in [0.717, 1.165) is 22.3 Å². The van der Waals surface area contributed by atoms with E-state index >= 15 is 0 Å². The molecule has 0 aliphatic carbocycles. The molecule has 0 radical (unpaired) electrons. The molecular formula is C16H19N7O2. The molecule has 0 bridgehead atoms. The van der Waals surface area contributed by atoms with Gasteiger partial charge in [0, 0.05) is 30.7 Å². The Morgan fingerprint density at radius 2 is 2.00 bits per heavy atom. The summed E-state index contributed by atoms with van der Waals surface area (Å²) in [6.45, 7) is 1.89. The summed E-state index contributed by atoms with van der Waals surface area (Å²) >= 11 is 0. The number of urea groups is 1. The fourth-order valence-corrected chi connectivity index (χ4v) is 2.42. The van der Waals surface area contributed by atoms with Crippen LogP contribution in [0, 0.1) is 6.92 Å². The number of H-pyrrole nitrogens is 1. The summed E-state index contributed by atoms with van der Waals surface area (Å²) < 4.78 is 1.37. The number of hydrogen-bond acceptors (Lipinski definition) is 4. The topological polar surface area (TPSA) is 108 Å². The zero-order chi connectivity index (χ0) is 18.0. The number of rotatable bonds is 4. The Hall–Kier alpha value is -3.36. The van der Waals surface area contributed by atoms with E-state index in [1.807, 2.05) is 31.2 Å². The van der Waals surface area contributed by atoms with Gasteiger partial charge in [0.25, 0.3) is 0 Å². The number of amides is 3. The lowest BCUT2D eigenvalue weighted by atomic mass is 10.2. The number of aromatic amines is 1. The highest BCUT2D eigenvalue weighted by molar-refractivity contribution is 6.02. The average molecular weight is 341 g/mol. The standard InChI is InChI=1S/C16H19N7O2/c1-10-15(11-6-4-5-7-12(11)17-10)19-14(24)9-23-8-13(20-21-23)18-16(25)22(2)3/h4-8,17H,9H2,1-3H3,(H,18,25)(H,19,24). The Labute approximate surface area is 144 Å². The number of nitrogens with zero attached hydrogens (tertiary/aromatic N) is 4. The molecule has 0 atom stereocenters. The second-order valence-electron chi connectivity index (χ2n) is 5.84. The largest absolute Gasteiger partial charge is 0.357 e. The van der Waals surface area contributed by atoms with Crippen molar-refractivity contribution in [2.24, 2.45) is 0 Å². The summed E-state index contributed by atoms with van der Waals surface area (Å²) in [6, 6.07) is 7.44. The summed E-state index contributed by atoms with van der Waals surface area (Å²) in [5.41, 5.74) is 2.60. The Morgan fingerprint density at radius 3 is 2.76 bits per heavy atom. The van der Waals surface area contributed by atoms with Gasteiger partial charge in [0.1, 0.15) is 6.54 Å². The Bertz CT molecular complexity index is 926. The molecule has 2 heterocycles. The van der Waals surface area contributed by atoms with E-state index in [1.165, 1.54) is 15.8 Å². The monoisotopic (exact) mass is 341 g/mol. The maximum absolute atomic E-state index is 12.3. The fraction of sp³-hybridized carbons (Fsp3) is 0.250. The van der Waals surface area contributed by atoms with Gasteiger partial charge < -0.3 is 15.2 Å². The number of hydrogen-bond donors (Lipinski definition) is 3. The number of anilines is 2. The molecule has 2 aromatic heterocycles. The van der Waals surface area contributed by atoms with Crippen LogP contribution in [0.5, 0.6) is 0 Å². The molecule has 130 valence electrons. The maximum Gasteiger partial charge on any atom is 0.322 e. The van der Waals surface area contributed by atoms with Crippen molar-refractivity contribution >= 4 is 34.3 Å². The van der Waals surface area contributed by atoms with Crippen LogP contribution in [-0.4, -0.2) is 50.9 Å². The van der Waals surface area contributed by atoms with Crippen LogP contribution in [0.1, 0.15) is 5.69 Å². The van der Waals surface area contributed by atoms with Crippen LogP contribution < -0.4 is 10.6 Å². The molecule has 0 aliphatic rings. The van der Waals surface area contributed by atoms with Crippen molar-refractivity contribution in [3.05, 3.63) is 36.2 Å². The van der Waals surface area contributed by atoms with Gasteiger partial charge in [-0.05, 0) is 13.0 Å². The van der Waals surface area contributed by atoms with E-state index in [2.05, 4.69) is 25.9 Å². The van der Waals surface area contributed by atoms with Crippen molar-refractivity contribution in [1.29, 1.82) is 0 Å². The first kappa shape index (κ1) is 16.5. The minimum Gasteiger partial charge on any atom is -0.357 e. The second kappa shape index (κ2) is 6.63. The fourth-order valence-electron chi connectivity index (χ4n) is 2.42. The third-order valence-electron chi connectivity index (χ3n) is 3.64. The number of carbonyl (C=O) groups is 2. The first-order chi connectivity index (χ1) is 11.9. The van der Waals surface area contributed by atoms with Gasteiger partial charge in [-0.1, -0.05) is 23.4 Å². The van der Waals surface area contributed by atoms with E-state index in [4.69, 9.17) is 0 Å². The molecule has 0 fully saturated rings. The summed E-state index contributed by atoms with van der Waals surface area (Å²) in [4.78, 5) is 28.5. The summed E-state index contributed by atoms with van der Waals surface area (Å²) in [6.07, 6.45) is 1.50. The zero-order valence-corrected chi connectivity index (χ0v) is 14.2. The molecule has 0 spiro atoms. The number of carbonyl (C=O) groups excluding carboxylic acids is 2. The van der Waals surface area contributed by atoms with E-state index in [-0.39, 0.29) is 24.3 Å². The molecule has 9 heteroatoms. The third-order valence-corrected chi connectivity index (χ3v) is 3.64. The van der Waals surface area contributed by atoms with Crippen LogP contribution in [0.2, 0.25) is 0 Å². The van der Waals surface area contributed by atoms with Crippen LogP contribution in [0.15, 0.2) is 30.5 Å². The summed E-state index contributed by atoms with van der Waals surface area (Å²) in [5.74, 6) is 0.0537. The number of fused-ring (bicyclic) bond motifs is 1. The lowest BCUT2D eigenvalue weighted by molar-refractivity contribution is -0.116. The van der Waals surface area contributed by atoms with Gasteiger partial charge in [-0.15, -0.1) is 5.10 Å². The second-order valence-corrected chi connectivity index (χ2v) is 5.84. The normalized spacial score (nSPS) is 10.7. The molecule has 3 rings (SSSR count). The number of para-hydroxylation sites is 1. The highest BCUT2D eigenvalue weighted by Gasteiger charge is 2.13. The van der Waals surface area contributed by atoms with Crippen molar-refractivity contribution in [2.45, 2.75) is 13.5 Å². The minimum atomic E-state index is -0.314. The Morgan fingerprint density at radius 1 is 1.24 bits per heavy atom. The SMILES string of the molecule is Cc1[nH]c2ccccc2c1NC(=O)Cn1cc(NC(=O)N(C)C)nn1. The van der Waals surface area contributed by atoms with Gasteiger partial charge >= 0.3 is 6.03 Å². The average Bonchev–Trinajstić information content (AvgIpc) is 3.12. The predicted molar refractivity (Wildman–Crippen MR) is 94.4 cm³/mol. The third kappa shape index (κ3) is 3.60. The molecule has 3 aromatic rings. The van der Waals surface area contributed by atoms with E-state index in [1.54, 1.807) is 14.1 Å². The van der Waals surface area contributed by atoms with Gasteiger partial charge in [0.2, 0.25) is 5.91 Å². The number of nitrogens with one attached hydrogen (secondary N) is 3. The lowest BCUT2D eigenvalue weighted by Crippen LogP contribution is -2.27. The molecule has 0 saturated carbocycles. The molecule has 0 unspecified atom stereocenters. The predicted octanol–water partition coefficient (Wildman–Crippen LogP) is 1.80. The van der Waals surface area contributed by atoms with E-state index < -0.39 is 0 Å². The molecule has 9 nitrogen and oxygen atoms in total. The van der Waals surface area contributed by atoms with E-state index in [0.29, 0.717) is 0 Å². The number of aryl methyl sites for hydroxylation is 1. The van der Waals surface area contributed by atoms with Crippen LogP contribution in [0.3, 0.4) is 0 Å². The van der Waals surface area contributed by atoms with Crippen LogP contribution >= 0.6 is 0 Å². The van der Waals surface area contributed by atoms with Crippen molar-refractivity contribution < 1.29 is 9.59 Å². The zero-order valence-electron chi connectivity index (χ0n) is 14.2.